The first-order valence-corrected chi connectivity index (χ1v) is 5.32. The molecule has 0 saturated heterocycles. The molecule has 2 aromatic rings. The van der Waals surface area contributed by atoms with Gasteiger partial charge in [0.05, 0.1) is 5.56 Å². The van der Waals surface area contributed by atoms with E-state index in [1.54, 1.807) is 18.2 Å². The van der Waals surface area contributed by atoms with Crippen molar-refractivity contribution in [1.29, 1.82) is 0 Å². The number of amides is 1. The number of nitrogens with two attached hydrogens (primary N) is 1. The Kier molecular flexibility index (Phi) is 3.01. The van der Waals surface area contributed by atoms with Crippen molar-refractivity contribution < 1.29 is 4.79 Å². The molecule has 88 valence electrons. The molecule has 0 unspecified atom stereocenters. The molecule has 17 heavy (non-hydrogen) atoms. The normalized spacial score (nSPS) is 10.2. The molecule has 5 nitrogen and oxygen atoms in total. The van der Waals surface area contributed by atoms with Crippen molar-refractivity contribution in [1.82, 2.24) is 10.2 Å². The molecule has 1 heterocycles. The standard InChI is InChI=1S/C11H11ClN4O/c1-6-4-10(16-15-6)14-11(17)8-3-2-7(12)5-9(8)13/h2-5H,13H2,1H3,(H2,14,15,16,17). The summed E-state index contributed by atoms with van der Waals surface area (Å²) in [6, 6.07) is 6.45. The van der Waals surface area contributed by atoms with Crippen LogP contribution in [0.4, 0.5) is 11.5 Å². The minimum absolute atomic E-state index is 0.314. The predicted octanol–water partition coefficient (Wildman–Crippen LogP) is 2.21. The van der Waals surface area contributed by atoms with E-state index < -0.39 is 0 Å². The van der Waals surface area contributed by atoms with Gasteiger partial charge in [0.2, 0.25) is 0 Å². The Hall–Kier alpha value is -2.01. The molecule has 4 N–H and O–H groups in total. The molecule has 0 atom stereocenters. The number of aryl methyl sites for hydroxylation is 1. The van der Waals surface area contributed by atoms with Crippen LogP contribution in [0.2, 0.25) is 5.02 Å². The number of nitrogens with one attached hydrogen (secondary N) is 2. The number of aromatic amines is 1. The van der Waals surface area contributed by atoms with E-state index in [1.807, 2.05) is 6.92 Å². The van der Waals surface area contributed by atoms with E-state index in [9.17, 15) is 4.79 Å². The second-order valence-corrected chi connectivity index (χ2v) is 4.06. The molecule has 0 aliphatic carbocycles. The molecule has 0 aliphatic rings. The Morgan fingerprint density at radius 3 is 2.82 bits per heavy atom. The van der Waals surface area contributed by atoms with Gasteiger partial charge in [-0.1, -0.05) is 11.6 Å². The first-order chi connectivity index (χ1) is 8.06. The van der Waals surface area contributed by atoms with Crippen molar-refractivity contribution >= 4 is 29.0 Å². The summed E-state index contributed by atoms with van der Waals surface area (Å²) >= 11 is 5.76. The van der Waals surface area contributed by atoms with Crippen LogP contribution in [0.5, 0.6) is 0 Å². The lowest BCUT2D eigenvalue weighted by atomic mass is 10.1. The summed E-state index contributed by atoms with van der Waals surface area (Å²) in [6.07, 6.45) is 0. The molecule has 0 spiro atoms. The lowest BCUT2D eigenvalue weighted by Crippen LogP contribution is -2.14. The van der Waals surface area contributed by atoms with Crippen molar-refractivity contribution in [3.05, 3.63) is 40.5 Å². The van der Waals surface area contributed by atoms with Crippen LogP contribution in [0.15, 0.2) is 24.3 Å². The van der Waals surface area contributed by atoms with Gasteiger partial charge in [-0.15, -0.1) is 0 Å². The quantitative estimate of drug-likeness (QED) is 0.715. The molecule has 1 aromatic carbocycles. The van der Waals surface area contributed by atoms with Crippen molar-refractivity contribution in [2.75, 3.05) is 11.1 Å². The second-order valence-electron chi connectivity index (χ2n) is 3.62. The van der Waals surface area contributed by atoms with Crippen molar-refractivity contribution in [3.63, 3.8) is 0 Å². The molecule has 0 radical (unpaired) electrons. The highest BCUT2D eigenvalue weighted by atomic mass is 35.5. The fourth-order valence-corrected chi connectivity index (χ4v) is 1.59. The molecule has 1 aromatic heterocycles. The second kappa shape index (κ2) is 4.47. The van der Waals surface area contributed by atoms with Crippen molar-refractivity contribution in [2.24, 2.45) is 0 Å². The zero-order valence-electron chi connectivity index (χ0n) is 9.12. The minimum Gasteiger partial charge on any atom is -0.398 e. The van der Waals surface area contributed by atoms with Crippen LogP contribution in [0, 0.1) is 6.92 Å². The fourth-order valence-electron chi connectivity index (χ4n) is 1.41. The van der Waals surface area contributed by atoms with Gasteiger partial charge < -0.3 is 11.1 Å². The van der Waals surface area contributed by atoms with Crippen LogP contribution in [0.1, 0.15) is 16.1 Å². The smallest absolute Gasteiger partial charge is 0.258 e. The number of carbonyl (C=O) groups excluding carboxylic acids is 1. The first-order valence-electron chi connectivity index (χ1n) is 4.94. The number of hydrogen-bond acceptors (Lipinski definition) is 3. The third kappa shape index (κ3) is 2.57. The average Bonchev–Trinajstić information content (AvgIpc) is 2.63. The molecule has 0 aliphatic heterocycles. The Morgan fingerprint density at radius 1 is 1.47 bits per heavy atom. The molecule has 6 heteroatoms. The van der Waals surface area contributed by atoms with Gasteiger partial charge in [0.25, 0.3) is 5.91 Å². The first kappa shape index (κ1) is 11.5. The zero-order valence-corrected chi connectivity index (χ0v) is 9.88. The number of nitrogens with zero attached hydrogens (tertiary/aromatic N) is 1. The number of carbonyl (C=O) groups is 1. The summed E-state index contributed by atoms with van der Waals surface area (Å²) in [4.78, 5) is 11.9. The highest BCUT2D eigenvalue weighted by Crippen LogP contribution is 2.19. The molecule has 0 fully saturated rings. The third-order valence-corrected chi connectivity index (χ3v) is 2.44. The SMILES string of the molecule is Cc1cc(NC(=O)c2ccc(Cl)cc2N)n[nH]1. The number of halogens is 1. The Morgan fingerprint density at radius 2 is 2.24 bits per heavy atom. The van der Waals surface area contributed by atoms with Gasteiger partial charge in [0.15, 0.2) is 5.82 Å². The van der Waals surface area contributed by atoms with Crippen molar-refractivity contribution in [2.45, 2.75) is 6.92 Å². The van der Waals surface area contributed by atoms with Crippen LogP contribution in [0.25, 0.3) is 0 Å². The molecular formula is C11H11ClN4O. The molecule has 0 bridgehead atoms. The molecular weight excluding hydrogens is 240 g/mol. The van der Waals surface area contributed by atoms with Gasteiger partial charge in [-0.25, -0.2) is 0 Å². The topological polar surface area (TPSA) is 83.8 Å². The summed E-state index contributed by atoms with van der Waals surface area (Å²) in [5, 5.41) is 9.77. The van der Waals surface area contributed by atoms with Crippen LogP contribution in [-0.2, 0) is 0 Å². The van der Waals surface area contributed by atoms with Crippen molar-refractivity contribution in [3.8, 4) is 0 Å². The largest absolute Gasteiger partial charge is 0.398 e. The average molecular weight is 251 g/mol. The van der Waals surface area contributed by atoms with E-state index >= 15 is 0 Å². The van der Waals surface area contributed by atoms with Crippen LogP contribution >= 0.6 is 11.6 Å². The summed E-state index contributed by atoms with van der Waals surface area (Å²) < 4.78 is 0. The number of anilines is 2. The van der Waals surface area contributed by atoms with Gasteiger partial charge in [-0.2, -0.15) is 5.10 Å². The maximum atomic E-state index is 11.9. The summed E-state index contributed by atoms with van der Waals surface area (Å²) in [6.45, 7) is 1.85. The van der Waals surface area contributed by atoms with Crippen LogP contribution in [-0.4, -0.2) is 16.1 Å². The van der Waals surface area contributed by atoms with E-state index in [4.69, 9.17) is 17.3 Å². The number of hydrogen-bond donors (Lipinski definition) is 3. The summed E-state index contributed by atoms with van der Waals surface area (Å²) in [7, 11) is 0. The minimum atomic E-state index is -0.314. The monoisotopic (exact) mass is 250 g/mol. The van der Waals surface area contributed by atoms with Gasteiger partial charge in [0.1, 0.15) is 0 Å². The van der Waals surface area contributed by atoms with Crippen LogP contribution < -0.4 is 11.1 Å². The highest BCUT2D eigenvalue weighted by Gasteiger charge is 2.11. The summed E-state index contributed by atoms with van der Waals surface area (Å²) in [5.41, 5.74) is 7.28. The zero-order chi connectivity index (χ0) is 12.4. The van der Waals surface area contributed by atoms with E-state index in [0.717, 1.165) is 5.69 Å². The summed E-state index contributed by atoms with van der Waals surface area (Å²) in [5.74, 6) is 0.146. The number of aromatic nitrogens is 2. The number of nitrogen functional groups attached to an aromatic ring is 1. The van der Waals surface area contributed by atoms with E-state index in [0.29, 0.717) is 22.1 Å². The van der Waals surface area contributed by atoms with E-state index in [-0.39, 0.29) is 5.91 Å². The van der Waals surface area contributed by atoms with Gasteiger partial charge in [0, 0.05) is 22.5 Å². The molecule has 1 amide bonds. The van der Waals surface area contributed by atoms with E-state index in [2.05, 4.69) is 15.5 Å². The lowest BCUT2D eigenvalue weighted by molar-refractivity contribution is 0.102. The number of H-pyrrole nitrogens is 1. The molecule has 0 saturated carbocycles. The van der Waals surface area contributed by atoms with Gasteiger partial charge >= 0.3 is 0 Å². The fraction of sp³-hybridized carbons (Fsp3) is 0.0909. The third-order valence-electron chi connectivity index (χ3n) is 2.21. The molecule has 2 rings (SSSR count). The van der Waals surface area contributed by atoms with Gasteiger partial charge in [-0.05, 0) is 25.1 Å². The highest BCUT2D eigenvalue weighted by molar-refractivity contribution is 6.31. The predicted molar refractivity (Wildman–Crippen MR) is 67.1 cm³/mol. The lowest BCUT2D eigenvalue weighted by Gasteiger charge is -2.05. The van der Waals surface area contributed by atoms with Crippen LogP contribution in [0.3, 0.4) is 0 Å². The number of benzene rings is 1. The van der Waals surface area contributed by atoms with E-state index in [1.165, 1.54) is 6.07 Å². The Labute approximate surface area is 103 Å². The maximum Gasteiger partial charge on any atom is 0.258 e. The number of rotatable bonds is 2. The maximum absolute atomic E-state index is 11.9. The Balaban J connectivity index is 2.20. The van der Waals surface area contributed by atoms with Gasteiger partial charge in [-0.3, -0.25) is 9.89 Å². The Bertz CT molecular complexity index is 564.